The third kappa shape index (κ3) is 6.46. The minimum atomic E-state index is -4.83. The van der Waals surface area contributed by atoms with Crippen molar-refractivity contribution in [2.24, 2.45) is 23.7 Å². The summed E-state index contributed by atoms with van der Waals surface area (Å²) in [6, 6.07) is 18.5. The molecule has 4 amide bonds. The summed E-state index contributed by atoms with van der Waals surface area (Å²) >= 11 is 12.7. The number of nitro groups is 2. The Kier molecular flexibility index (Phi) is 10.1. The molecule has 16 nitrogen and oxygen atoms in total. The maximum Gasteiger partial charge on any atom is 0.417 e. The van der Waals surface area contributed by atoms with Gasteiger partial charge in [0.05, 0.1) is 49.3 Å². The molecule has 21 heteroatoms. The third-order valence-corrected chi connectivity index (χ3v) is 13.5. The van der Waals surface area contributed by atoms with Crippen molar-refractivity contribution < 1.29 is 47.3 Å². The summed E-state index contributed by atoms with van der Waals surface area (Å²) in [7, 11) is 2.72. The topological polar surface area (TPSA) is 209 Å². The Morgan fingerprint density at radius 3 is 2.17 bits per heavy atom. The van der Waals surface area contributed by atoms with Crippen molar-refractivity contribution in [3.8, 4) is 5.75 Å². The summed E-state index contributed by atoms with van der Waals surface area (Å²) in [6.45, 7) is 0. The van der Waals surface area contributed by atoms with Gasteiger partial charge in [-0.1, -0.05) is 77.3 Å². The number of anilines is 3. The smallest absolute Gasteiger partial charge is 0.417 e. The Morgan fingerprint density at radius 1 is 0.892 bits per heavy atom. The SMILES string of the molecule is CN(C)c1c([N+](=O)[O-])cc(N2C(=O)[C@H]3[C@H](CC=C4[C@H]3C[C@H]3C(=O)N(Nc5ncc(C(F)(F)F)cc5Cl)C(=O)[C@@]3(c3ccc(Cl)cc3)[C@H]4c3c(O)ccc4ccccc34)C2=O)cc1[N+](=O)[O-]. The van der Waals surface area contributed by atoms with Crippen LogP contribution in [0.25, 0.3) is 10.8 Å². The quantitative estimate of drug-likeness (QED) is 0.0651. The van der Waals surface area contributed by atoms with Gasteiger partial charge >= 0.3 is 17.6 Å². The molecule has 3 heterocycles. The molecule has 5 aromatic rings. The molecule has 0 bridgehead atoms. The lowest BCUT2D eigenvalue weighted by Gasteiger charge is -2.51. The maximum absolute atomic E-state index is 15.6. The van der Waals surface area contributed by atoms with Crippen molar-refractivity contribution in [3.63, 3.8) is 0 Å². The number of carbonyl (C=O) groups excluding carboxylic acids is 4. The van der Waals surface area contributed by atoms with Gasteiger partial charge in [-0.25, -0.2) is 9.88 Å². The number of hydrazine groups is 1. The van der Waals surface area contributed by atoms with Gasteiger partial charge in [-0.3, -0.25) is 44.8 Å². The lowest BCUT2D eigenvalue weighted by atomic mass is 9.48. The van der Waals surface area contributed by atoms with Gasteiger partial charge < -0.3 is 10.0 Å². The molecule has 2 N–H and O–H groups in total. The van der Waals surface area contributed by atoms with E-state index in [1.54, 1.807) is 36.4 Å². The van der Waals surface area contributed by atoms with Crippen LogP contribution in [0.5, 0.6) is 5.75 Å². The predicted molar refractivity (Wildman–Crippen MR) is 229 cm³/mol. The van der Waals surface area contributed by atoms with Crippen LogP contribution in [0.2, 0.25) is 10.0 Å². The minimum absolute atomic E-state index is 0.129. The number of nitro benzene ring substituents is 2. The van der Waals surface area contributed by atoms with E-state index in [2.05, 4.69) is 10.4 Å². The number of phenols is 1. The van der Waals surface area contributed by atoms with Crippen LogP contribution in [-0.2, 0) is 30.8 Å². The molecule has 3 fully saturated rings. The molecule has 2 aliphatic heterocycles. The summed E-state index contributed by atoms with van der Waals surface area (Å²) in [4.78, 5) is 88.8. The first-order valence-electron chi connectivity index (χ1n) is 19.8. The Morgan fingerprint density at radius 2 is 1.55 bits per heavy atom. The van der Waals surface area contributed by atoms with E-state index in [0.717, 1.165) is 12.1 Å². The van der Waals surface area contributed by atoms with Crippen LogP contribution in [0.3, 0.4) is 0 Å². The molecule has 6 atom stereocenters. The van der Waals surface area contributed by atoms with E-state index in [0.29, 0.717) is 38.5 Å². The zero-order valence-corrected chi connectivity index (χ0v) is 35.3. The van der Waals surface area contributed by atoms with Crippen molar-refractivity contribution in [1.29, 1.82) is 0 Å². The second-order valence-electron chi connectivity index (χ2n) is 16.4. The second kappa shape index (κ2) is 15.3. The highest BCUT2D eigenvalue weighted by atomic mass is 35.5. The minimum Gasteiger partial charge on any atom is -0.508 e. The number of carbonyl (C=O) groups is 4. The van der Waals surface area contributed by atoms with Crippen LogP contribution in [-0.4, -0.2) is 62.7 Å². The molecule has 332 valence electrons. The molecule has 2 saturated heterocycles. The summed E-state index contributed by atoms with van der Waals surface area (Å²) in [6.07, 6.45) is -3.09. The van der Waals surface area contributed by atoms with Crippen molar-refractivity contribution in [2.75, 3.05) is 29.3 Å². The maximum atomic E-state index is 15.6. The number of imide groups is 2. The highest BCUT2D eigenvalue weighted by molar-refractivity contribution is 6.33. The van der Waals surface area contributed by atoms with Gasteiger partial charge in [-0.2, -0.15) is 18.2 Å². The van der Waals surface area contributed by atoms with Gasteiger partial charge in [0, 0.05) is 48.9 Å². The van der Waals surface area contributed by atoms with Gasteiger partial charge in [-0.15, -0.1) is 0 Å². The fraction of sp³-hybridized carbons (Fsp3) is 0.250. The number of phenolic OH excluding ortho intramolecular Hbond substituents is 1. The van der Waals surface area contributed by atoms with Crippen molar-refractivity contribution in [3.05, 3.63) is 144 Å². The molecular formula is C44H32Cl2F3N7O9. The predicted octanol–water partition coefficient (Wildman–Crippen LogP) is 8.34. The van der Waals surface area contributed by atoms with Gasteiger partial charge in [-0.05, 0) is 59.4 Å². The number of nitrogens with zero attached hydrogens (tertiary/aromatic N) is 6. The van der Waals surface area contributed by atoms with E-state index in [4.69, 9.17) is 23.2 Å². The van der Waals surface area contributed by atoms with Crippen LogP contribution in [0.4, 0.5) is 41.7 Å². The number of allylic oxidation sites excluding steroid dienone is 2. The molecule has 9 rings (SSSR count). The number of aromatic hydroxyl groups is 1. The number of hydrogen-bond donors (Lipinski definition) is 2. The standard InChI is InChI=1S/C44H32Cl2F3N7O9/c1-52(2)37-31(55(62)63)16-24(17-32(37)56(64)65)53-39(58)27-13-12-26-28(34(27)41(53)60)18-29-40(59)54(51-38-30(46)15-22(19-50-38)44(47,48)49)42(61)43(29,21-8-10-23(45)11-9-21)36(26)35-25-6-4-3-5-20(25)7-14-33(35)57/h3-12,14-17,19,27-29,34,36,57H,13,18H2,1-2H3,(H,50,51)/t27-,28+,29-,34-,36+,43+/m0/s1. The largest absolute Gasteiger partial charge is 0.508 e. The molecule has 65 heavy (non-hydrogen) atoms. The van der Waals surface area contributed by atoms with E-state index >= 15 is 9.59 Å². The number of benzene rings is 4. The number of amides is 4. The number of hydrogen-bond acceptors (Lipinski definition) is 12. The number of halogens is 5. The summed E-state index contributed by atoms with van der Waals surface area (Å²) in [5.74, 6) is -10.5. The monoisotopic (exact) mass is 929 g/mol. The summed E-state index contributed by atoms with van der Waals surface area (Å²) < 4.78 is 40.9. The molecule has 4 aromatic carbocycles. The van der Waals surface area contributed by atoms with Crippen molar-refractivity contribution >= 4 is 86.2 Å². The van der Waals surface area contributed by atoms with Crippen molar-refractivity contribution in [1.82, 2.24) is 9.99 Å². The Hall–Kier alpha value is -7.12. The lowest BCUT2D eigenvalue weighted by Crippen LogP contribution is -2.53. The number of alkyl halides is 3. The van der Waals surface area contributed by atoms with Crippen LogP contribution < -0.4 is 15.2 Å². The molecule has 1 saturated carbocycles. The fourth-order valence-electron chi connectivity index (χ4n) is 10.4. The fourth-order valence-corrected chi connectivity index (χ4v) is 10.7. The Balaban J connectivity index is 1.25. The van der Waals surface area contributed by atoms with Crippen LogP contribution in [0.1, 0.15) is 35.4 Å². The number of nitrogens with one attached hydrogen (secondary N) is 1. The molecule has 0 spiro atoms. The highest BCUT2D eigenvalue weighted by Gasteiger charge is 2.71. The average Bonchev–Trinajstić information content (AvgIpc) is 3.64. The first-order valence-corrected chi connectivity index (χ1v) is 20.6. The highest BCUT2D eigenvalue weighted by Crippen LogP contribution is 2.66. The zero-order chi connectivity index (χ0) is 46.6. The first-order chi connectivity index (χ1) is 30.8. The number of pyridine rings is 1. The van der Waals surface area contributed by atoms with Crippen LogP contribution in [0, 0.1) is 43.9 Å². The number of rotatable bonds is 8. The zero-order valence-electron chi connectivity index (χ0n) is 33.7. The van der Waals surface area contributed by atoms with Crippen LogP contribution >= 0.6 is 23.2 Å². The molecular weight excluding hydrogens is 898 g/mol. The third-order valence-electron chi connectivity index (χ3n) is 12.9. The summed E-state index contributed by atoms with van der Waals surface area (Å²) in [5.41, 5.74) is -2.07. The Labute approximate surface area is 375 Å². The van der Waals surface area contributed by atoms with E-state index in [1.165, 1.54) is 49.3 Å². The van der Waals surface area contributed by atoms with E-state index < -0.39 is 108 Å². The van der Waals surface area contributed by atoms with Gasteiger partial charge in [0.15, 0.2) is 11.5 Å². The average molecular weight is 931 g/mol. The number of aromatic nitrogens is 1. The normalized spacial score (nSPS) is 23.9. The van der Waals surface area contributed by atoms with Crippen molar-refractivity contribution in [2.45, 2.75) is 30.4 Å². The summed E-state index contributed by atoms with van der Waals surface area (Å²) in [5, 5.41) is 38.0. The Bertz CT molecular complexity index is 2950. The van der Waals surface area contributed by atoms with E-state index in [9.17, 15) is 48.1 Å². The molecule has 4 aliphatic rings. The van der Waals surface area contributed by atoms with Gasteiger partial charge in [0.25, 0.3) is 11.8 Å². The molecule has 0 radical (unpaired) electrons. The molecule has 0 unspecified atom stereocenters. The van der Waals surface area contributed by atoms with Gasteiger partial charge in [0.1, 0.15) is 5.75 Å². The molecule has 1 aromatic heterocycles. The number of fused-ring (bicyclic) bond motifs is 5. The van der Waals surface area contributed by atoms with Crippen LogP contribution in [0.15, 0.2) is 96.7 Å². The second-order valence-corrected chi connectivity index (χ2v) is 17.2. The lowest BCUT2D eigenvalue weighted by molar-refractivity contribution is -0.392. The van der Waals surface area contributed by atoms with Gasteiger partial charge in [0.2, 0.25) is 11.8 Å². The molecule has 2 aliphatic carbocycles. The van der Waals surface area contributed by atoms with E-state index in [-0.39, 0.29) is 40.4 Å². The van der Waals surface area contributed by atoms with E-state index in [1.807, 2.05) is 0 Å². The first kappa shape index (κ1) is 43.1.